The Morgan fingerprint density at radius 1 is 1.14 bits per heavy atom. The molecule has 0 radical (unpaired) electrons. The summed E-state index contributed by atoms with van der Waals surface area (Å²) in [6.07, 6.45) is -0.769. The van der Waals surface area contributed by atoms with Gasteiger partial charge in [-0.15, -0.1) is 0 Å². The number of rotatable bonds is 5. The number of carbonyl (C=O) groups is 1. The van der Waals surface area contributed by atoms with E-state index in [1.807, 2.05) is 31.2 Å². The number of hydrogen-bond donors (Lipinski definition) is 3. The minimum atomic E-state index is -0.769. The first kappa shape index (κ1) is 15.9. The molecule has 0 saturated carbocycles. The SMILES string of the molecule is COc1ccc(C(O)CNC(=O)Nc2ccc(C)cc2)cc1. The number of urea groups is 1. The van der Waals surface area contributed by atoms with Crippen LogP contribution >= 0.6 is 0 Å². The molecule has 0 fully saturated rings. The molecule has 2 rings (SSSR count). The predicted molar refractivity (Wildman–Crippen MR) is 86.2 cm³/mol. The van der Waals surface area contributed by atoms with Crippen LogP contribution in [-0.2, 0) is 0 Å². The second kappa shape index (κ2) is 7.47. The number of aryl methyl sites for hydroxylation is 1. The topological polar surface area (TPSA) is 70.6 Å². The number of carbonyl (C=O) groups excluding carboxylic acids is 1. The second-order valence-electron chi connectivity index (χ2n) is 4.99. The molecule has 116 valence electrons. The number of benzene rings is 2. The molecule has 22 heavy (non-hydrogen) atoms. The monoisotopic (exact) mass is 300 g/mol. The van der Waals surface area contributed by atoms with Crippen molar-refractivity contribution in [3.8, 4) is 5.75 Å². The van der Waals surface area contributed by atoms with E-state index < -0.39 is 6.10 Å². The Bertz CT molecular complexity index is 609. The fourth-order valence-electron chi connectivity index (χ4n) is 1.95. The maximum atomic E-state index is 11.8. The van der Waals surface area contributed by atoms with Gasteiger partial charge >= 0.3 is 6.03 Å². The summed E-state index contributed by atoms with van der Waals surface area (Å²) in [5, 5.41) is 15.4. The molecule has 3 N–H and O–H groups in total. The van der Waals surface area contributed by atoms with Gasteiger partial charge in [0.25, 0.3) is 0 Å². The van der Waals surface area contributed by atoms with Crippen molar-refractivity contribution in [1.29, 1.82) is 0 Å². The fourth-order valence-corrected chi connectivity index (χ4v) is 1.95. The van der Waals surface area contributed by atoms with Gasteiger partial charge in [-0.3, -0.25) is 0 Å². The zero-order valence-electron chi connectivity index (χ0n) is 12.7. The highest BCUT2D eigenvalue weighted by Gasteiger charge is 2.09. The van der Waals surface area contributed by atoms with Crippen molar-refractivity contribution in [3.05, 3.63) is 59.7 Å². The van der Waals surface area contributed by atoms with Crippen molar-refractivity contribution in [1.82, 2.24) is 5.32 Å². The summed E-state index contributed by atoms with van der Waals surface area (Å²) in [6.45, 7) is 2.11. The van der Waals surface area contributed by atoms with Crippen LogP contribution in [0.5, 0.6) is 5.75 Å². The lowest BCUT2D eigenvalue weighted by atomic mass is 10.1. The van der Waals surface area contributed by atoms with E-state index in [4.69, 9.17) is 4.74 Å². The summed E-state index contributed by atoms with van der Waals surface area (Å²) in [7, 11) is 1.59. The fraction of sp³-hybridized carbons (Fsp3) is 0.235. The van der Waals surface area contributed by atoms with Crippen molar-refractivity contribution in [3.63, 3.8) is 0 Å². The molecule has 5 heteroatoms. The minimum absolute atomic E-state index is 0.129. The standard InChI is InChI=1S/C17H20N2O3/c1-12-3-7-14(8-4-12)19-17(21)18-11-16(20)13-5-9-15(22-2)10-6-13/h3-10,16,20H,11H2,1-2H3,(H2,18,19,21). The molecule has 0 saturated heterocycles. The molecule has 2 aromatic rings. The van der Waals surface area contributed by atoms with Crippen molar-refractivity contribution < 1.29 is 14.6 Å². The minimum Gasteiger partial charge on any atom is -0.497 e. The Labute approximate surface area is 129 Å². The molecule has 0 aliphatic carbocycles. The van der Waals surface area contributed by atoms with Gasteiger partial charge < -0.3 is 20.5 Å². The molecule has 0 spiro atoms. The van der Waals surface area contributed by atoms with Gasteiger partial charge in [0.15, 0.2) is 0 Å². The maximum Gasteiger partial charge on any atom is 0.319 e. The molecule has 0 aromatic heterocycles. The second-order valence-corrected chi connectivity index (χ2v) is 4.99. The van der Waals surface area contributed by atoms with Crippen LogP contribution in [0.1, 0.15) is 17.2 Å². The summed E-state index contributed by atoms with van der Waals surface area (Å²) >= 11 is 0. The first-order chi connectivity index (χ1) is 10.6. The lowest BCUT2D eigenvalue weighted by molar-refractivity contribution is 0.175. The van der Waals surface area contributed by atoms with E-state index in [-0.39, 0.29) is 12.6 Å². The van der Waals surface area contributed by atoms with Gasteiger partial charge in [-0.25, -0.2) is 4.79 Å². The average Bonchev–Trinajstić information content (AvgIpc) is 2.55. The number of methoxy groups -OCH3 is 1. The maximum absolute atomic E-state index is 11.8. The highest BCUT2D eigenvalue weighted by Crippen LogP contribution is 2.17. The van der Waals surface area contributed by atoms with Gasteiger partial charge in [0.1, 0.15) is 5.75 Å². The number of aliphatic hydroxyl groups excluding tert-OH is 1. The van der Waals surface area contributed by atoms with Gasteiger partial charge in [-0.05, 0) is 36.8 Å². The van der Waals surface area contributed by atoms with Crippen LogP contribution in [0.4, 0.5) is 10.5 Å². The van der Waals surface area contributed by atoms with Crippen LogP contribution < -0.4 is 15.4 Å². The summed E-state index contributed by atoms with van der Waals surface area (Å²) in [5.41, 5.74) is 2.55. The van der Waals surface area contributed by atoms with E-state index >= 15 is 0 Å². The molecule has 0 aliphatic rings. The van der Waals surface area contributed by atoms with Gasteiger partial charge in [0, 0.05) is 12.2 Å². The molecule has 0 aliphatic heterocycles. The first-order valence-electron chi connectivity index (χ1n) is 7.02. The van der Waals surface area contributed by atoms with Crippen molar-refractivity contribution >= 4 is 11.7 Å². The Morgan fingerprint density at radius 2 is 1.77 bits per heavy atom. The summed E-state index contributed by atoms with van der Waals surface area (Å²) in [4.78, 5) is 11.8. The summed E-state index contributed by atoms with van der Waals surface area (Å²) < 4.78 is 5.06. The molecule has 1 unspecified atom stereocenters. The zero-order chi connectivity index (χ0) is 15.9. The molecule has 1 atom stereocenters. The van der Waals surface area contributed by atoms with Crippen molar-refractivity contribution in [2.45, 2.75) is 13.0 Å². The highest BCUT2D eigenvalue weighted by atomic mass is 16.5. The number of nitrogens with one attached hydrogen (secondary N) is 2. The van der Waals surface area contributed by atoms with Crippen LogP contribution in [0.2, 0.25) is 0 Å². The van der Waals surface area contributed by atoms with Crippen LogP contribution in [0.25, 0.3) is 0 Å². The smallest absolute Gasteiger partial charge is 0.319 e. The number of ether oxygens (including phenoxy) is 1. The molecule has 5 nitrogen and oxygen atoms in total. The van der Waals surface area contributed by atoms with E-state index in [1.165, 1.54) is 0 Å². The third-order valence-electron chi connectivity index (χ3n) is 3.27. The molecule has 2 aromatic carbocycles. The summed E-state index contributed by atoms with van der Waals surface area (Å²) in [5.74, 6) is 0.723. The van der Waals surface area contributed by atoms with Gasteiger partial charge in [0.2, 0.25) is 0 Å². The van der Waals surface area contributed by atoms with E-state index in [0.717, 1.165) is 16.9 Å². The number of aliphatic hydroxyl groups is 1. The highest BCUT2D eigenvalue weighted by molar-refractivity contribution is 5.89. The van der Waals surface area contributed by atoms with Gasteiger partial charge in [-0.2, -0.15) is 0 Å². The predicted octanol–water partition coefficient (Wildman–Crippen LogP) is 2.86. The third kappa shape index (κ3) is 4.49. The molecular formula is C17H20N2O3. The lowest BCUT2D eigenvalue weighted by Gasteiger charge is -2.13. The average molecular weight is 300 g/mol. The van der Waals surface area contributed by atoms with Gasteiger partial charge in [-0.1, -0.05) is 29.8 Å². The Kier molecular flexibility index (Phi) is 5.38. The van der Waals surface area contributed by atoms with Gasteiger partial charge in [0.05, 0.1) is 13.2 Å². The van der Waals surface area contributed by atoms with Crippen LogP contribution in [0, 0.1) is 6.92 Å². The Hall–Kier alpha value is -2.53. The van der Waals surface area contributed by atoms with E-state index in [9.17, 15) is 9.90 Å². The lowest BCUT2D eigenvalue weighted by Crippen LogP contribution is -2.32. The van der Waals surface area contributed by atoms with Crippen LogP contribution in [0.3, 0.4) is 0 Å². The van der Waals surface area contributed by atoms with Crippen LogP contribution in [0.15, 0.2) is 48.5 Å². The molecular weight excluding hydrogens is 280 g/mol. The number of amides is 2. The van der Waals surface area contributed by atoms with Crippen molar-refractivity contribution in [2.75, 3.05) is 19.0 Å². The van der Waals surface area contributed by atoms with Crippen LogP contribution in [-0.4, -0.2) is 24.8 Å². The molecule has 0 heterocycles. The number of hydrogen-bond acceptors (Lipinski definition) is 3. The van der Waals surface area contributed by atoms with Crippen molar-refractivity contribution in [2.24, 2.45) is 0 Å². The van der Waals surface area contributed by atoms with E-state index in [0.29, 0.717) is 5.69 Å². The largest absolute Gasteiger partial charge is 0.497 e. The first-order valence-corrected chi connectivity index (χ1v) is 7.02. The van der Waals surface area contributed by atoms with E-state index in [1.54, 1.807) is 31.4 Å². The molecule has 2 amide bonds. The Morgan fingerprint density at radius 3 is 2.36 bits per heavy atom. The molecule has 0 bridgehead atoms. The third-order valence-corrected chi connectivity index (χ3v) is 3.27. The quantitative estimate of drug-likeness (QED) is 0.795. The number of anilines is 1. The van der Waals surface area contributed by atoms with E-state index in [2.05, 4.69) is 10.6 Å². The normalized spacial score (nSPS) is 11.6. The zero-order valence-corrected chi connectivity index (χ0v) is 12.7. The Balaban J connectivity index is 1.83. The summed E-state index contributed by atoms with van der Waals surface area (Å²) in [6, 6.07) is 14.2.